The number of ether oxygens (including phenoxy) is 2. The molecule has 0 aliphatic rings. The van der Waals surface area contributed by atoms with Crippen LogP contribution in [0.25, 0.3) is 0 Å². The van der Waals surface area contributed by atoms with Gasteiger partial charge in [0, 0.05) is 6.07 Å². The molecule has 1 unspecified atom stereocenters. The summed E-state index contributed by atoms with van der Waals surface area (Å²) in [5.74, 6) is 0.985. The predicted octanol–water partition coefficient (Wildman–Crippen LogP) is 0.636. The Balaban J connectivity index is 0.00000169. The third-order valence-electron chi connectivity index (χ3n) is 1.56. The third-order valence-corrected chi connectivity index (χ3v) is 2.21. The summed E-state index contributed by atoms with van der Waals surface area (Å²) < 4.78 is 29.4. The number of methoxy groups -OCH3 is 2. The second-order valence-corrected chi connectivity index (χ2v) is 3.24. The maximum atomic E-state index is 10.7. The van der Waals surface area contributed by atoms with Gasteiger partial charge in [-0.15, -0.1) is 0 Å². The summed E-state index contributed by atoms with van der Waals surface area (Å²) >= 11 is -1.99. The topological polar surface area (TPSA) is 55.8 Å². The van der Waals surface area contributed by atoms with Gasteiger partial charge in [0.05, 0.1) is 19.1 Å². The molecule has 4 nitrogen and oxygen atoms in total. The van der Waals surface area contributed by atoms with Crippen LogP contribution >= 0.6 is 0 Å². The Morgan fingerprint density at radius 1 is 1.21 bits per heavy atom. The van der Waals surface area contributed by atoms with E-state index in [1.807, 2.05) is 0 Å². The molecule has 0 aliphatic carbocycles. The molecule has 1 N–H and O–H groups in total. The molecule has 0 amide bonds. The first-order chi connectivity index (χ1) is 6.19. The minimum absolute atomic E-state index is 0. The van der Waals surface area contributed by atoms with E-state index in [-0.39, 0.29) is 56.3 Å². The molecule has 1 rings (SSSR count). The van der Waals surface area contributed by atoms with Crippen LogP contribution in [0.15, 0.2) is 23.1 Å². The van der Waals surface area contributed by atoms with Crippen molar-refractivity contribution in [1.29, 1.82) is 0 Å². The van der Waals surface area contributed by atoms with E-state index in [1.165, 1.54) is 26.4 Å². The van der Waals surface area contributed by atoms with Crippen molar-refractivity contribution >= 4 is 62.5 Å². The van der Waals surface area contributed by atoms with E-state index in [2.05, 4.69) is 0 Å². The summed E-state index contributed by atoms with van der Waals surface area (Å²) in [6.07, 6.45) is 0. The third kappa shape index (κ3) is 3.61. The number of benzene rings is 1. The van der Waals surface area contributed by atoms with Gasteiger partial charge in [-0.1, -0.05) is 0 Å². The van der Waals surface area contributed by atoms with Gasteiger partial charge in [-0.05, 0) is 12.1 Å². The molecule has 0 aliphatic heterocycles. The Labute approximate surface area is 128 Å². The van der Waals surface area contributed by atoms with E-state index in [0.29, 0.717) is 11.5 Å². The zero-order chi connectivity index (χ0) is 9.84. The molecule has 1 aromatic carbocycles. The van der Waals surface area contributed by atoms with Gasteiger partial charge >= 0.3 is 51.4 Å². The standard InChI is InChI=1S/C8H10O4S.K.H/c1-11-7-4-3-6(13(9)10)5-8(7)12-2;;/h3-5H,1-2H3,(H,9,10);;. The molecule has 1 atom stereocenters. The van der Waals surface area contributed by atoms with Gasteiger partial charge in [-0.25, -0.2) is 4.21 Å². The van der Waals surface area contributed by atoms with Crippen molar-refractivity contribution in [2.45, 2.75) is 4.90 Å². The van der Waals surface area contributed by atoms with Crippen LogP contribution in [0.5, 0.6) is 11.5 Å². The summed E-state index contributed by atoms with van der Waals surface area (Å²) in [5.41, 5.74) is 0. The second-order valence-electron chi connectivity index (χ2n) is 2.27. The van der Waals surface area contributed by atoms with Gasteiger partial charge in [-0.2, -0.15) is 0 Å². The zero-order valence-electron chi connectivity index (χ0n) is 7.31. The van der Waals surface area contributed by atoms with Crippen LogP contribution in [0.2, 0.25) is 0 Å². The van der Waals surface area contributed by atoms with E-state index in [1.54, 1.807) is 6.07 Å². The van der Waals surface area contributed by atoms with Crippen molar-refractivity contribution in [1.82, 2.24) is 0 Å². The number of rotatable bonds is 3. The van der Waals surface area contributed by atoms with Gasteiger partial charge in [0.2, 0.25) is 0 Å². The van der Waals surface area contributed by atoms with Crippen molar-refractivity contribution in [3.05, 3.63) is 18.2 Å². The average Bonchev–Trinajstić information content (AvgIpc) is 2.16. The minimum atomic E-state index is -1.99. The average molecular weight is 242 g/mol. The van der Waals surface area contributed by atoms with E-state index >= 15 is 0 Å². The van der Waals surface area contributed by atoms with Gasteiger partial charge < -0.3 is 14.0 Å². The first-order valence-electron chi connectivity index (χ1n) is 3.52. The van der Waals surface area contributed by atoms with Gasteiger partial charge in [0.15, 0.2) is 22.6 Å². The first kappa shape index (κ1) is 14.6. The summed E-state index contributed by atoms with van der Waals surface area (Å²) in [6.45, 7) is 0. The van der Waals surface area contributed by atoms with Crippen LogP contribution in [0.3, 0.4) is 0 Å². The molecule has 6 heteroatoms. The Hall–Kier alpha value is 0.566. The molecule has 0 saturated carbocycles. The van der Waals surface area contributed by atoms with Crippen molar-refractivity contribution in [2.75, 3.05) is 14.2 Å². The van der Waals surface area contributed by atoms with Gasteiger partial charge in [-0.3, -0.25) is 0 Å². The van der Waals surface area contributed by atoms with Gasteiger partial charge in [0.1, 0.15) is 0 Å². The van der Waals surface area contributed by atoms with Crippen molar-refractivity contribution in [2.24, 2.45) is 0 Å². The van der Waals surface area contributed by atoms with Crippen molar-refractivity contribution < 1.29 is 18.2 Å². The molecule has 0 heterocycles. The van der Waals surface area contributed by atoms with Crippen LogP contribution in [-0.2, 0) is 11.1 Å². The van der Waals surface area contributed by atoms with Crippen LogP contribution in [-0.4, -0.2) is 74.4 Å². The maximum absolute atomic E-state index is 10.7. The molecule has 0 aromatic heterocycles. The summed E-state index contributed by atoms with van der Waals surface area (Å²) in [7, 11) is 2.98. The van der Waals surface area contributed by atoms with Crippen molar-refractivity contribution in [3.8, 4) is 11.5 Å². The Morgan fingerprint density at radius 3 is 2.21 bits per heavy atom. The Bertz CT molecular complexity index is 329. The summed E-state index contributed by atoms with van der Waals surface area (Å²) in [5, 5.41) is 0. The van der Waals surface area contributed by atoms with E-state index < -0.39 is 11.1 Å². The van der Waals surface area contributed by atoms with E-state index in [0.717, 1.165) is 0 Å². The number of hydrogen-bond acceptors (Lipinski definition) is 3. The second kappa shape index (κ2) is 6.94. The van der Waals surface area contributed by atoms with Crippen LogP contribution in [0.1, 0.15) is 0 Å². The molecule has 74 valence electrons. The molecular formula is C8H11KO4S. The molecule has 0 fully saturated rings. The molecule has 1 aromatic rings. The molecular weight excluding hydrogens is 231 g/mol. The van der Waals surface area contributed by atoms with Crippen LogP contribution in [0.4, 0.5) is 0 Å². The fourth-order valence-electron chi connectivity index (χ4n) is 0.925. The molecule has 0 saturated heterocycles. The Kier molecular flexibility index (Phi) is 7.22. The Morgan fingerprint density at radius 2 is 1.79 bits per heavy atom. The normalized spacial score (nSPS) is 11.4. The summed E-state index contributed by atoms with van der Waals surface area (Å²) in [6, 6.07) is 4.56. The fraction of sp³-hybridized carbons (Fsp3) is 0.250. The molecule has 14 heavy (non-hydrogen) atoms. The monoisotopic (exact) mass is 242 g/mol. The quantitative estimate of drug-likeness (QED) is 0.624. The van der Waals surface area contributed by atoms with Gasteiger partial charge in [0.25, 0.3) is 0 Å². The number of hydrogen-bond donors (Lipinski definition) is 1. The molecule has 0 spiro atoms. The molecule has 0 bridgehead atoms. The SMILES string of the molecule is COc1ccc(S(=O)O)cc1OC.[KH]. The van der Waals surface area contributed by atoms with Crippen molar-refractivity contribution in [3.63, 3.8) is 0 Å². The molecule has 0 radical (unpaired) electrons. The van der Waals surface area contributed by atoms with Crippen LogP contribution < -0.4 is 9.47 Å². The fourth-order valence-corrected chi connectivity index (χ4v) is 1.32. The zero-order valence-corrected chi connectivity index (χ0v) is 8.13. The van der Waals surface area contributed by atoms with E-state index in [9.17, 15) is 4.21 Å². The first-order valence-corrected chi connectivity index (χ1v) is 4.62. The van der Waals surface area contributed by atoms with Crippen LogP contribution in [0, 0.1) is 0 Å². The van der Waals surface area contributed by atoms with E-state index in [4.69, 9.17) is 14.0 Å². The summed E-state index contributed by atoms with van der Waals surface area (Å²) in [4.78, 5) is 0.289. The predicted molar refractivity (Wildman–Crippen MR) is 55.7 cm³/mol.